The number of hydrogen-bond donors (Lipinski definition) is 2. The first kappa shape index (κ1) is 14.6. The van der Waals surface area contributed by atoms with E-state index in [4.69, 9.17) is 5.73 Å². The average molecular weight is 270 g/mol. The summed E-state index contributed by atoms with van der Waals surface area (Å²) in [5, 5.41) is 4.90. The molecule has 0 radical (unpaired) electrons. The van der Waals surface area contributed by atoms with E-state index in [0.29, 0.717) is 30.3 Å². The first-order valence-electron chi connectivity index (χ1n) is 5.82. The molecule has 1 rings (SSSR count). The lowest BCUT2D eigenvalue weighted by Crippen LogP contribution is -2.40. The first-order valence-corrected chi connectivity index (χ1v) is 6.70. The van der Waals surface area contributed by atoms with Crippen LogP contribution in [0.3, 0.4) is 0 Å². The fourth-order valence-electron chi connectivity index (χ4n) is 1.44. The minimum absolute atomic E-state index is 0.00397. The van der Waals surface area contributed by atoms with Gasteiger partial charge in [-0.25, -0.2) is 4.98 Å². The largest absolute Gasteiger partial charge is 0.342 e. The highest BCUT2D eigenvalue weighted by Crippen LogP contribution is 2.08. The molecule has 0 atom stereocenters. The summed E-state index contributed by atoms with van der Waals surface area (Å²) in [4.78, 5) is 29.1. The zero-order chi connectivity index (χ0) is 13.5. The Morgan fingerprint density at radius 2 is 2.11 bits per heavy atom. The summed E-state index contributed by atoms with van der Waals surface area (Å²) in [6, 6.07) is 0. The van der Waals surface area contributed by atoms with Crippen LogP contribution >= 0.6 is 11.3 Å². The van der Waals surface area contributed by atoms with Crippen molar-refractivity contribution in [1.29, 1.82) is 0 Å². The number of nitrogens with one attached hydrogen (secondary N) is 1. The van der Waals surface area contributed by atoms with E-state index < -0.39 is 0 Å². The lowest BCUT2D eigenvalue weighted by Gasteiger charge is -2.18. The molecule has 1 heterocycles. The molecule has 0 aliphatic carbocycles. The molecule has 100 valence electrons. The first-order chi connectivity index (χ1) is 8.62. The number of nitrogens with two attached hydrogens (primary N) is 1. The number of hydrogen-bond acceptors (Lipinski definition) is 5. The van der Waals surface area contributed by atoms with Crippen molar-refractivity contribution in [2.24, 2.45) is 5.73 Å². The fraction of sp³-hybridized carbons (Fsp3) is 0.545. The molecule has 0 saturated carbocycles. The van der Waals surface area contributed by atoms with Gasteiger partial charge in [0.1, 0.15) is 10.7 Å². The molecule has 6 nitrogen and oxygen atoms in total. The quantitative estimate of drug-likeness (QED) is 0.773. The van der Waals surface area contributed by atoms with Gasteiger partial charge in [-0.2, -0.15) is 0 Å². The minimum Gasteiger partial charge on any atom is -0.342 e. The normalized spacial score (nSPS) is 10.2. The Hall–Kier alpha value is -1.47. The van der Waals surface area contributed by atoms with Crippen molar-refractivity contribution >= 4 is 23.2 Å². The monoisotopic (exact) mass is 270 g/mol. The summed E-state index contributed by atoms with van der Waals surface area (Å²) in [6.07, 6.45) is 0. The third kappa shape index (κ3) is 3.78. The summed E-state index contributed by atoms with van der Waals surface area (Å²) in [6.45, 7) is 5.39. The summed E-state index contributed by atoms with van der Waals surface area (Å²) < 4.78 is 0. The number of thiazole rings is 1. The van der Waals surface area contributed by atoms with Crippen molar-refractivity contribution in [2.75, 3.05) is 19.6 Å². The Balaban J connectivity index is 2.48. The molecule has 0 aromatic carbocycles. The third-order valence-corrected chi connectivity index (χ3v) is 3.35. The van der Waals surface area contributed by atoms with Gasteiger partial charge in [0.15, 0.2) is 0 Å². The van der Waals surface area contributed by atoms with Crippen molar-refractivity contribution in [3.05, 3.63) is 16.1 Å². The second kappa shape index (κ2) is 7.07. The van der Waals surface area contributed by atoms with Crippen LogP contribution in [0.15, 0.2) is 5.38 Å². The molecule has 1 aromatic heterocycles. The standard InChI is InChI=1S/C11H18N4O2S/c1-3-15(4-2)10(16)6-13-11(17)8-7-18-9(5-12)14-8/h7H,3-6,12H2,1-2H3,(H,13,17). The van der Waals surface area contributed by atoms with Gasteiger partial charge in [-0.15, -0.1) is 11.3 Å². The van der Waals surface area contributed by atoms with E-state index in [1.54, 1.807) is 10.3 Å². The van der Waals surface area contributed by atoms with E-state index in [1.807, 2.05) is 13.8 Å². The van der Waals surface area contributed by atoms with Gasteiger partial charge >= 0.3 is 0 Å². The molecule has 18 heavy (non-hydrogen) atoms. The van der Waals surface area contributed by atoms with Crippen molar-refractivity contribution < 1.29 is 9.59 Å². The van der Waals surface area contributed by atoms with Crippen molar-refractivity contribution in [2.45, 2.75) is 20.4 Å². The van der Waals surface area contributed by atoms with Gasteiger partial charge in [0.05, 0.1) is 6.54 Å². The van der Waals surface area contributed by atoms with Crippen LogP contribution in [0.2, 0.25) is 0 Å². The number of aromatic nitrogens is 1. The molecule has 3 N–H and O–H groups in total. The molecular weight excluding hydrogens is 252 g/mol. The van der Waals surface area contributed by atoms with Gasteiger partial charge < -0.3 is 16.0 Å². The summed E-state index contributed by atoms with van der Waals surface area (Å²) in [5.74, 6) is -0.436. The van der Waals surface area contributed by atoms with Crippen LogP contribution in [0.1, 0.15) is 29.3 Å². The molecular formula is C11H18N4O2S. The van der Waals surface area contributed by atoms with Crippen LogP contribution in [0.5, 0.6) is 0 Å². The molecule has 0 fully saturated rings. The average Bonchev–Trinajstić information content (AvgIpc) is 2.86. The van der Waals surface area contributed by atoms with E-state index in [-0.39, 0.29) is 18.4 Å². The van der Waals surface area contributed by atoms with Gasteiger partial charge in [0.2, 0.25) is 5.91 Å². The fourth-order valence-corrected chi connectivity index (χ4v) is 2.10. The van der Waals surface area contributed by atoms with Gasteiger partial charge in [-0.1, -0.05) is 0 Å². The van der Waals surface area contributed by atoms with Crippen LogP contribution in [0.25, 0.3) is 0 Å². The summed E-state index contributed by atoms with van der Waals surface area (Å²) in [7, 11) is 0. The summed E-state index contributed by atoms with van der Waals surface area (Å²) in [5.41, 5.74) is 5.73. The van der Waals surface area contributed by atoms with Gasteiger partial charge in [-0.05, 0) is 13.8 Å². The maximum Gasteiger partial charge on any atom is 0.271 e. The second-order valence-corrected chi connectivity index (χ2v) is 4.52. The number of nitrogens with zero attached hydrogens (tertiary/aromatic N) is 2. The highest BCUT2D eigenvalue weighted by Gasteiger charge is 2.14. The zero-order valence-corrected chi connectivity index (χ0v) is 11.4. The van der Waals surface area contributed by atoms with Crippen LogP contribution in [-0.2, 0) is 11.3 Å². The molecule has 1 aromatic rings. The van der Waals surface area contributed by atoms with Crippen molar-refractivity contribution in [3.8, 4) is 0 Å². The molecule has 7 heteroatoms. The van der Waals surface area contributed by atoms with E-state index >= 15 is 0 Å². The lowest BCUT2D eigenvalue weighted by atomic mass is 10.4. The third-order valence-electron chi connectivity index (χ3n) is 2.48. The predicted octanol–water partition coefficient (Wildman–Crippen LogP) is 0.200. The van der Waals surface area contributed by atoms with Crippen LogP contribution in [0, 0.1) is 0 Å². The SMILES string of the molecule is CCN(CC)C(=O)CNC(=O)c1csc(CN)n1. The van der Waals surface area contributed by atoms with E-state index in [0.717, 1.165) is 0 Å². The number of carbonyl (C=O) groups excluding carboxylic acids is 2. The maximum atomic E-state index is 11.7. The zero-order valence-electron chi connectivity index (χ0n) is 10.6. The van der Waals surface area contributed by atoms with E-state index in [2.05, 4.69) is 10.3 Å². The second-order valence-electron chi connectivity index (χ2n) is 3.58. The highest BCUT2D eigenvalue weighted by atomic mass is 32.1. The predicted molar refractivity (Wildman–Crippen MR) is 70.3 cm³/mol. The van der Waals surface area contributed by atoms with Gasteiger partial charge in [-0.3, -0.25) is 9.59 Å². The molecule has 0 bridgehead atoms. The molecule has 0 aliphatic heterocycles. The molecule has 0 spiro atoms. The Morgan fingerprint density at radius 1 is 1.44 bits per heavy atom. The Bertz CT molecular complexity index is 415. The minimum atomic E-state index is -0.341. The molecule has 0 aliphatic rings. The Kier molecular flexibility index (Phi) is 5.73. The number of carbonyl (C=O) groups is 2. The Morgan fingerprint density at radius 3 is 2.61 bits per heavy atom. The van der Waals surface area contributed by atoms with Crippen LogP contribution in [-0.4, -0.2) is 41.3 Å². The van der Waals surface area contributed by atoms with E-state index in [9.17, 15) is 9.59 Å². The molecule has 2 amide bonds. The number of likely N-dealkylation sites (N-methyl/N-ethyl adjacent to an activating group) is 1. The lowest BCUT2D eigenvalue weighted by molar-refractivity contribution is -0.129. The molecule has 0 saturated heterocycles. The highest BCUT2D eigenvalue weighted by molar-refractivity contribution is 7.09. The number of rotatable bonds is 6. The Labute approximate surface area is 110 Å². The van der Waals surface area contributed by atoms with Crippen LogP contribution in [0.4, 0.5) is 0 Å². The van der Waals surface area contributed by atoms with Crippen LogP contribution < -0.4 is 11.1 Å². The number of amides is 2. The smallest absolute Gasteiger partial charge is 0.271 e. The van der Waals surface area contributed by atoms with Gasteiger partial charge in [0, 0.05) is 25.0 Å². The topological polar surface area (TPSA) is 88.3 Å². The van der Waals surface area contributed by atoms with E-state index in [1.165, 1.54) is 11.3 Å². The maximum absolute atomic E-state index is 11.7. The van der Waals surface area contributed by atoms with Crippen molar-refractivity contribution in [3.63, 3.8) is 0 Å². The summed E-state index contributed by atoms with van der Waals surface area (Å²) >= 11 is 1.34. The molecule has 0 unspecified atom stereocenters. The van der Waals surface area contributed by atoms with Crippen molar-refractivity contribution in [1.82, 2.24) is 15.2 Å². The van der Waals surface area contributed by atoms with Gasteiger partial charge in [0.25, 0.3) is 5.91 Å².